The molecular formula is C18H19N3O3S. The maximum atomic E-state index is 12.4. The fraction of sp³-hybridized carbons (Fsp3) is 0.222. The molecule has 0 amide bonds. The predicted molar refractivity (Wildman–Crippen MR) is 102 cm³/mol. The second-order valence-electron chi connectivity index (χ2n) is 5.45. The van der Waals surface area contributed by atoms with Gasteiger partial charge in [0.05, 0.1) is 42.4 Å². The molecule has 0 fully saturated rings. The van der Waals surface area contributed by atoms with E-state index in [1.165, 1.54) is 11.3 Å². The number of fused-ring (bicyclic) bond motifs is 1. The van der Waals surface area contributed by atoms with Gasteiger partial charge in [-0.05, 0) is 19.1 Å². The van der Waals surface area contributed by atoms with E-state index >= 15 is 0 Å². The normalized spacial score (nSPS) is 11.6. The van der Waals surface area contributed by atoms with Crippen LogP contribution in [0.1, 0.15) is 6.92 Å². The van der Waals surface area contributed by atoms with Crippen molar-refractivity contribution in [1.29, 1.82) is 0 Å². The summed E-state index contributed by atoms with van der Waals surface area (Å²) in [6, 6.07) is 13.3. The number of para-hydroxylation sites is 1. The zero-order valence-electron chi connectivity index (χ0n) is 14.3. The van der Waals surface area contributed by atoms with E-state index in [2.05, 4.69) is 10.5 Å². The molecule has 0 spiro atoms. The van der Waals surface area contributed by atoms with Crippen molar-refractivity contribution < 1.29 is 9.47 Å². The molecule has 7 heteroatoms. The lowest BCUT2D eigenvalue weighted by Crippen LogP contribution is -2.18. The lowest BCUT2D eigenvalue weighted by atomic mass is 10.3. The molecule has 0 saturated carbocycles. The van der Waals surface area contributed by atoms with Gasteiger partial charge in [0.2, 0.25) is 0 Å². The highest BCUT2D eigenvalue weighted by Gasteiger charge is 2.13. The number of benzene rings is 2. The van der Waals surface area contributed by atoms with Crippen molar-refractivity contribution >= 4 is 33.0 Å². The van der Waals surface area contributed by atoms with Crippen LogP contribution in [0.3, 0.4) is 0 Å². The highest BCUT2D eigenvalue weighted by atomic mass is 32.1. The number of rotatable bonds is 6. The lowest BCUT2D eigenvalue weighted by molar-refractivity contribution is 0.356. The van der Waals surface area contributed by atoms with Crippen molar-refractivity contribution in [2.75, 3.05) is 19.6 Å². The fourth-order valence-electron chi connectivity index (χ4n) is 2.48. The van der Waals surface area contributed by atoms with Crippen molar-refractivity contribution in [3.63, 3.8) is 0 Å². The summed E-state index contributed by atoms with van der Waals surface area (Å²) in [5, 5.41) is 4.35. The molecule has 0 unspecified atom stereocenters. The smallest absolute Gasteiger partial charge is 0.308 e. The second-order valence-corrected chi connectivity index (χ2v) is 6.45. The van der Waals surface area contributed by atoms with E-state index in [4.69, 9.17) is 9.47 Å². The van der Waals surface area contributed by atoms with Crippen LogP contribution in [0.25, 0.3) is 10.2 Å². The SMILES string of the molecule is COc1cc2sc(=O)n(C/C(C)=N/Nc3ccccc3)c2cc1OC. The number of anilines is 1. The van der Waals surface area contributed by atoms with Crippen molar-refractivity contribution in [3.8, 4) is 11.5 Å². The molecule has 0 aliphatic rings. The van der Waals surface area contributed by atoms with Crippen LogP contribution in [0.4, 0.5) is 5.69 Å². The summed E-state index contributed by atoms with van der Waals surface area (Å²) in [6.07, 6.45) is 0. The van der Waals surface area contributed by atoms with Crippen molar-refractivity contribution in [1.82, 2.24) is 4.57 Å². The number of nitrogens with zero attached hydrogens (tertiary/aromatic N) is 2. The Morgan fingerprint density at radius 2 is 1.84 bits per heavy atom. The highest BCUT2D eigenvalue weighted by molar-refractivity contribution is 7.16. The van der Waals surface area contributed by atoms with E-state index in [1.807, 2.05) is 49.4 Å². The molecule has 3 rings (SSSR count). The van der Waals surface area contributed by atoms with Crippen LogP contribution in [0, 0.1) is 0 Å². The number of hydrogen-bond acceptors (Lipinski definition) is 6. The molecule has 0 atom stereocenters. The largest absolute Gasteiger partial charge is 0.493 e. The first-order valence-corrected chi connectivity index (χ1v) is 8.53. The number of ether oxygens (including phenoxy) is 2. The molecule has 6 nitrogen and oxygen atoms in total. The zero-order chi connectivity index (χ0) is 17.8. The maximum absolute atomic E-state index is 12.4. The molecular weight excluding hydrogens is 338 g/mol. The first kappa shape index (κ1) is 17.0. The third-order valence-electron chi connectivity index (χ3n) is 3.71. The molecule has 0 aliphatic heterocycles. The van der Waals surface area contributed by atoms with Crippen LogP contribution in [0.5, 0.6) is 11.5 Å². The van der Waals surface area contributed by atoms with E-state index in [1.54, 1.807) is 18.8 Å². The van der Waals surface area contributed by atoms with Crippen molar-refractivity contribution in [2.24, 2.45) is 5.10 Å². The fourth-order valence-corrected chi connectivity index (χ4v) is 3.38. The first-order valence-electron chi connectivity index (χ1n) is 7.72. The average molecular weight is 357 g/mol. The minimum atomic E-state index is -0.0421. The van der Waals surface area contributed by atoms with Crippen molar-refractivity contribution in [2.45, 2.75) is 13.5 Å². The molecule has 0 aliphatic carbocycles. The van der Waals surface area contributed by atoms with Gasteiger partial charge in [0.15, 0.2) is 11.5 Å². The Hall–Kier alpha value is -2.80. The average Bonchev–Trinajstić information content (AvgIpc) is 2.94. The summed E-state index contributed by atoms with van der Waals surface area (Å²) in [4.78, 5) is 12.3. The van der Waals surface area contributed by atoms with E-state index in [9.17, 15) is 4.79 Å². The van der Waals surface area contributed by atoms with E-state index in [-0.39, 0.29) is 4.87 Å². The third kappa shape index (κ3) is 3.66. The standard InChI is InChI=1S/C18H19N3O3S/c1-12(19-20-13-7-5-4-6-8-13)11-21-14-9-15(23-2)16(24-3)10-17(14)25-18(21)22/h4-10,20H,11H2,1-3H3/b19-12+. The van der Waals surface area contributed by atoms with Gasteiger partial charge in [0, 0.05) is 12.1 Å². The summed E-state index contributed by atoms with van der Waals surface area (Å²) in [5.74, 6) is 1.21. The summed E-state index contributed by atoms with van der Waals surface area (Å²) >= 11 is 1.18. The number of nitrogens with one attached hydrogen (secondary N) is 1. The van der Waals surface area contributed by atoms with Crippen LogP contribution in [-0.2, 0) is 6.54 Å². The predicted octanol–water partition coefficient (Wildman–Crippen LogP) is 3.57. The minimum Gasteiger partial charge on any atom is -0.493 e. The molecule has 1 heterocycles. The van der Waals surface area contributed by atoms with Crippen LogP contribution in [0.2, 0.25) is 0 Å². The molecule has 25 heavy (non-hydrogen) atoms. The van der Waals surface area contributed by atoms with E-state index in [0.29, 0.717) is 18.0 Å². The van der Waals surface area contributed by atoms with E-state index < -0.39 is 0 Å². The van der Waals surface area contributed by atoms with Gasteiger partial charge in [-0.1, -0.05) is 29.5 Å². The molecule has 130 valence electrons. The third-order valence-corrected chi connectivity index (χ3v) is 4.65. The number of hydrazone groups is 1. The van der Waals surface area contributed by atoms with Gasteiger partial charge in [-0.3, -0.25) is 14.8 Å². The Kier molecular flexibility index (Phi) is 5.04. The van der Waals surface area contributed by atoms with Gasteiger partial charge in [-0.25, -0.2) is 0 Å². The first-order chi connectivity index (χ1) is 12.1. The van der Waals surface area contributed by atoms with Crippen LogP contribution in [-0.4, -0.2) is 24.5 Å². The minimum absolute atomic E-state index is 0.0421. The summed E-state index contributed by atoms with van der Waals surface area (Å²) in [6.45, 7) is 2.28. The number of methoxy groups -OCH3 is 2. The highest BCUT2D eigenvalue weighted by Crippen LogP contribution is 2.33. The topological polar surface area (TPSA) is 64.9 Å². The van der Waals surface area contributed by atoms with Gasteiger partial charge in [-0.15, -0.1) is 0 Å². The number of thiazole rings is 1. The molecule has 0 radical (unpaired) electrons. The van der Waals surface area contributed by atoms with Crippen LogP contribution >= 0.6 is 11.3 Å². The van der Waals surface area contributed by atoms with E-state index in [0.717, 1.165) is 21.6 Å². The maximum Gasteiger partial charge on any atom is 0.308 e. The zero-order valence-corrected chi connectivity index (χ0v) is 15.1. The molecule has 0 saturated heterocycles. The summed E-state index contributed by atoms with van der Waals surface area (Å²) in [5.41, 5.74) is 5.49. The lowest BCUT2D eigenvalue weighted by Gasteiger charge is -2.09. The Labute approximate surface area is 149 Å². The van der Waals surface area contributed by atoms with Gasteiger partial charge in [0.1, 0.15) is 0 Å². The summed E-state index contributed by atoms with van der Waals surface area (Å²) < 4.78 is 13.2. The molecule has 2 aromatic carbocycles. The van der Waals surface area contributed by atoms with Gasteiger partial charge < -0.3 is 9.47 Å². The van der Waals surface area contributed by atoms with Crippen LogP contribution < -0.4 is 19.8 Å². The van der Waals surface area contributed by atoms with Gasteiger partial charge in [-0.2, -0.15) is 5.10 Å². The quantitative estimate of drug-likeness (QED) is 0.541. The molecule has 0 bridgehead atoms. The van der Waals surface area contributed by atoms with Gasteiger partial charge in [0.25, 0.3) is 0 Å². The molecule has 1 aromatic heterocycles. The Balaban J connectivity index is 1.90. The summed E-state index contributed by atoms with van der Waals surface area (Å²) in [7, 11) is 3.16. The second kappa shape index (κ2) is 7.40. The Bertz CT molecular complexity index is 961. The van der Waals surface area contributed by atoms with Crippen LogP contribution in [0.15, 0.2) is 52.4 Å². The number of aromatic nitrogens is 1. The molecule has 1 N–H and O–H groups in total. The Morgan fingerprint density at radius 1 is 1.16 bits per heavy atom. The van der Waals surface area contributed by atoms with Crippen molar-refractivity contribution in [3.05, 3.63) is 52.1 Å². The number of hydrogen-bond donors (Lipinski definition) is 1. The molecule has 3 aromatic rings. The monoisotopic (exact) mass is 357 g/mol. The van der Waals surface area contributed by atoms with Gasteiger partial charge >= 0.3 is 4.87 Å². The Morgan fingerprint density at radius 3 is 2.52 bits per heavy atom.